The third-order valence-electron chi connectivity index (χ3n) is 6.75. The summed E-state index contributed by atoms with van der Waals surface area (Å²) in [4.78, 5) is 22.0. The van der Waals surface area contributed by atoms with E-state index in [-0.39, 0.29) is 11.7 Å². The molecule has 3 fully saturated rings. The van der Waals surface area contributed by atoms with Crippen molar-refractivity contribution >= 4 is 33.7 Å². The number of anilines is 1. The highest BCUT2D eigenvalue weighted by atomic mass is 32.2. The molecule has 1 amide bonds. The number of amides is 1. The molecule has 5 rings (SSSR count). The van der Waals surface area contributed by atoms with Gasteiger partial charge in [0.1, 0.15) is 5.82 Å². The Morgan fingerprint density at radius 1 is 1.09 bits per heavy atom. The number of aromatic nitrogens is 1. The molecule has 34 heavy (non-hydrogen) atoms. The van der Waals surface area contributed by atoms with Crippen LogP contribution in [0.4, 0.5) is 10.1 Å². The molecule has 11 heteroatoms. The van der Waals surface area contributed by atoms with Gasteiger partial charge in [0.25, 0.3) is 5.91 Å². The molecule has 3 aliphatic heterocycles. The number of carbonyl (C=O) groups excluding carboxylic acids is 1. The van der Waals surface area contributed by atoms with Gasteiger partial charge in [-0.15, -0.1) is 0 Å². The van der Waals surface area contributed by atoms with Gasteiger partial charge < -0.3 is 19.3 Å². The van der Waals surface area contributed by atoms with Crippen LogP contribution in [-0.4, -0.2) is 101 Å². The van der Waals surface area contributed by atoms with Gasteiger partial charge in [-0.3, -0.25) is 9.78 Å². The van der Waals surface area contributed by atoms with Crippen molar-refractivity contribution in [1.29, 1.82) is 0 Å². The number of piperidine rings is 1. The lowest BCUT2D eigenvalue weighted by Gasteiger charge is -2.40. The Bertz CT molecular complexity index is 1090. The molecule has 0 saturated carbocycles. The molecule has 0 bridgehead atoms. The van der Waals surface area contributed by atoms with Crippen LogP contribution in [0.5, 0.6) is 0 Å². The number of pyridine rings is 1. The van der Waals surface area contributed by atoms with Gasteiger partial charge in [-0.05, 0) is 18.2 Å². The largest absolute Gasteiger partial charge is 0.370 e. The highest BCUT2D eigenvalue weighted by molar-refractivity contribution is 7.80. The van der Waals surface area contributed by atoms with Crippen molar-refractivity contribution < 1.29 is 22.9 Å². The van der Waals surface area contributed by atoms with E-state index < -0.39 is 17.0 Å². The van der Waals surface area contributed by atoms with Gasteiger partial charge in [-0.1, -0.05) is 0 Å². The van der Waals surface area contributed by atoms with E-state index >= 15 is 0 Å². The quantitative estimate of drug-likeness (QED) is 0.647. The van der Waals surface area contributed by atoms with Gasteiger partial charge in [0.15, 0.2) is 17.0 Å². The Balaban J connectivity index is 1.43. The third-order valence-corrected chi connectivity index (χ3v) is 8.18. The highest BCUT2D eigenvalue weighted by Crippen LogP contribution is 2.37. The summed E-state index contributed by atoms with van der Waals surface area (Å²) in [5.74, 6) is -1.05. The summed E-state index contributed by atoms with van der Waals surface area (Å²) in [7, 11) is 3.54. The molecule has 0 aliphatic carbocycles. The fourth-order valence-electron chi connectivity index (χ4n) is 4.95. The molecule has 0 N–H and O–H groups in total. The standard InChI is InChI=1S/C23H30FN5O4S/c1-26(2)34(31)29-11-9-28(10-12-29)22(30)19-16-25-20-4-3-17(24)15-18(20)21(19)27-7-5-23(6-8-27)32-13-14-33-23/h3-4,15-16H,5-14H2,1-2H3. The van der Waals surface area contributed by atoms with Crippen LogP contribution in [-0.2, 0) is 20.6 Å². The van der Waals surface area contributed by atoms with Crippen LogP contribution in [0.3, 0.4) is 0 Å². The zero-order chi connectivity index (χ0) is 23.9. The van der Waals surface area contributed by atoms with Crippen LogP contribution in [0.1, 0.15) is 23.2 Å². The van der Waals surface area contributed by atoms with Crippen LogP contribution in [0, 0.1) is 5.82 Å². The minimum atomic E-state index is -1.22. The number of hydrogen-bond donors (Lipinski definition) is 0. The first kappa shape index (κ1) is 23.6. The lowest BCUT2D eigenvalue weighted by Crippen LogP contribution is -2.51. The fraction of sp³-hybridized carbons (Fsp3) is 0.565. The molecule has 1 atom stereocenters. The van der Waals surface area contributed by atoms with Gasteiger partial charge in [0, 0.05) is 77.8 Å². The first-order chi connectivity index (χ1) is 16.4. The van der Waals surface area contributed by atoms with Gasteiger partial charge in [0.2, 0.25) is 0 Å². The SMILES string of the molecule is CN(C)S(=O)N1CCN(C(=O)c2cnc3ccc(F)cc3c2N2CCC3(CC2)OCCO3)CC1. The number of hydrogen-bond acceptors (Lipinski definition) is 6. The Morgan fingerprint density at radius 2 is 1.76 bits per heavy atom. The van der Waals surface area contributed by atoms with E-state index in [1.165, 1.54) is 12.1 Å². The Labute approximate surface area is 201 Å². The summed E-state index contributed by atoms with van der Waals surface area (Å²) in [6, 6.07) is 4.49. The topological polar surface area (TPSA) is 78.5 Å². The highest BCUT2D eigenvalue weighted by Gasteiger charge is 2.41. The monoisotopic (exact) mass is 491 g/mol. The zero-order valence-electron chi connectivity index (χ0n) is 19.5. The molecule has 9 nitrogen and oxygen atoms in total. The number of piperazine rings is 1. The van der Waals surface area contributed by atoms with Crippen LogP contribution in [0.25, 0.3) is 10.9 Å². The number of halogens is 1. The average Bonchev–Trinajstić information content (AvgIpc) is 3.31. The van der Waals surface area contributed by atoms with Gasteiger partial charge in [-0.2, -0.15) is 0 Å². The normalized spacial score (nSPS) is 22.1. The number of nitrogens with zero attached hydrogens (tertiary/aromatic N) is 5. The molecular formula is C23H30FN5O4S. The van der Waals surface area contributed by atoms with Gasteiger partial charge in [0.05, 0.1) is 30.0 Å². The molecule has 1 aromatic heterocycles. The van der Waals surface area contributed by atoms with E-state index in [1.54, 1.807) is 35.6 Å². The Kier molecular flexibility index (Phi) is 6.56. The number of carbonyl (C=O) groups is 1. The number of rotatable bonds is 4. The molecule has 4 heterocycles. The van der Waals surface area contributed by atoms with E-state index in [2.05, 4.69) is 9.88 Å². The van der Waals surface area contributed by atoms with Crippen molar-refractivity contribution in [2.75, 3.05) is 71.5 Å². The van der Waals surface area contributed by atoms with Crippen molar-refractivity contribution in [3.05, 3.63) is 35.8 Å². The molecule has 184 valence electrons. The maximum atomic E-state index is 14.3. The summed E-state index contributed by atoms with van der Waals surface area (Å²) >= 11 is -1.22. The van der Waals surface area contributed by atoms with Crippen LogP contribution < -0.4 is 4.90 Å². The second-order valence-electron chi connectivity index (χ2n) is 9.04. The lowest BCUT2D eigenvalue weighted by molar-refractivity contribution is -0.169. The second-order valence-corrected chi connectivity index (χ2v) is 10.7. The van der Waals surface area contributed by atoms with E-state index in [4.69, 9.17) is 9.47 Å². The molecule has 1 unspecified atom stereocenters. The minimum absolute atomic E-state index is 0.141. The lowest BCUT2D eigenvalue weighted by atomic mass is 10.00. The summed E-state index contributed by atoms with van der Waals surface area (Å²) in [5.41, 5.74) is 1.82. The molecule has 1 spiro atoms. The third kappa shape index (κ3) is 4.42. The van der Waals surface area contributed by atoms with E-state index in [1.807, 2.05) is 4.31 Å². The van der Waals surface area contributed by atoms with Crippen molar-refractivity contribution in [3.63, 3.8) is 0 Å². The van der Waals surface area contributed by atoms with Crippen LogP contribution in [0.2, 0.25) is 0 Å². The number of ether oxygens (including phenoxy) is 2. The zero-order valence-corrected chi connectivity index (χ0v) is 20.4. The van der Waals surface area contributed by atoms with E-state index in [9.17, 15) is 13.4 Å². The fourth-order valence-corrected chi connectivity index (χ4v) is 5.89. The van der Waals surface area contributed by atoms with Gasteiger partial charge in [-0.25, -0.2) is 17.2 Å². The summed E-state index contributed by atoms with van der Waals surface area (Å²) in [6.07, 6.45) is 2.96. The molecule has 0 radical (unpaired) electrons. The van der Waals surface area contributed by atoms with Gasteiger partial charge >= 0.3 is 0 Å². The maximum absolute atomic E-state index is 14.3. The molecular weight excluding hydrogens is 461 g/mol. The number of benzene rings is 1. The molecule has 1 aromatic carbocycles. The molecule has 2 aromatic rings. The van der Waals surface area contributed by atoms with E-state index in [0.717, 1.165) is 0 Å². The van der Waals surface area contributed by atoms with Crippen molar-refractivity contribution in [2.45, 2.75) is 18.6 Å². The Hall–Kier alpha value is -2.18. The predicted molar refractivity (Wildman–Crippen MR) is 127 cm³/mol. The first-order valence-electron chi connectivity index (χ1n) is 11.6. The minimum Gasteiger partial charge on any atom is -0.370 e. The van der Waals surface area contributed by atoms with Crippen molar-refractivity contribution in [1.82, 2.24) is 18.5 Å². The maximum Gasteiger partial charge on any atom is 0.257 e. The summed E-state index contributed by atoms with van der Waals surface area (Å²) in [5, 5.41) is 0.627. The second kappa shape index (κ2) is 9.46. The summed E-state index contributed by atoms with van der Waals surface area (Å²) < 4.78 is 41.9. The van der Waals surface area contributed by atoms with Crippen molar-refractivity contribution in [3.8, 4) is 0 Å². The van der Waals surface area contributed by atoms with E-state index in [0.29, 0.717) is 87.5 Å². The summed E-state index contributed by atoms with van der Waals surface area (Å²) in [6.45, 7) is 4.41. The van der Waals surface area contributed by atoms with Crippen LogP contribution >= 0.6 is 0 Å². The predicted octanol–water partition coefficient (Wildman–Crippen LogP) is 1.62. The van der Waals surface area contributed by atoms with Crippen LogP contribution in [0.15, 0.2) is 24.4 Å². The number of fused-ring (bicyclic) bond motifs is 1. The van der Waals surface area contributed by atoms with Crippen molar-refractivity contribution in [2.24, 2.45) is 0 Å². The first-order valence-corrected chi connectivity index (χ1v) is 12.7. The molecule has 3 saturated heterocycles. The Morgan fingerprint density at radius 3 is 2.41 bits per heavy atom. The average molecular weight is 492 g/mol. The molecule has 3 aliphatic rings. The smallest absolute Gasteiger partial charge is 0.257 e.